The Morgan fingerprint density at radius 1 is 1.59 bits per heavy atom. The first-order chi connectivity index (χ1) is 8.17. The first kappa shape index (κ1) is 13.4. The van der Waals surface area contributed by atoms with Crippen LogP contribution in [0.4, 0.5) is 5.69 Å². The summed E-state index contributed by atoms with van der Waals surface area (Å²) < 4.78 is 4.46. The quantitative estimate of drug-likeness (QED) is 0.357. The summed E-state index contributed by atoms with van der Waals surface area (Å²) in [7, 11) is 1.32. The molecular formula is C12H8ClNO2S. The van der Waals surface area contributed by atoms with E-state index in [2.05, 4.69) is 38.9 Å². The fraction of sp³-hybridized carbons (Fsp3) is 0.167. The summed E-state index contributed by atoms with van der Waals surface area (Å²) in [6, 6.07) is 5.07. The largest absolute Gasteiger partial charge is 0.468 e. The number of benzene rings is 1. The molecule has 0 aliphatic heterocycles. The normalized spacial score (nSPS) is 8.59. The maximum Gasteiger partial charge on any atom is 0.317 e. The van der Waals surface area contributed by atoms with Crippen molar-refractivity contribution >= 4 is 40.6 Å². The minimum Gasteiger partial charge on any atom is -0.468 e. The van der Waals surface area contributed by atoms with Gasteiger partial charge in [-0.3, -0.25) is 4.79 Å². The summed E-state index contributed by atoms with van der Waals surface area (Å²) in [5, 5.41) is 2.67. The molecule has 5 heteroatoms. The van der Waals surface area contributed by atoms with E-state index in [1.807, 2.05) is 0 Å². The third-order valence-electron chi connectivity index (χ3n) is 1.81. The molecule has 0 aliphatic rings. The number of hydrogen-bond donors (Lipinski definition) is 0. The lowest BCUT2D eigenvalue weighted by atomic mass is 10.2. The lowest BCUT2D eigenvalue weighted by Gasteiger charge is -1.96. The average Bonchev–Trinajstić information content (AvgIpc) is 2.32. The highest BCUT2D eigenvalue weighted by molar-refractivity contribution is 7.78. The van der Waals surface area contributed by atoms with Gasteiger partial charge in [-0.1, -0.05) is 23.4 Å². The summed E-state index contributed by atoms with van der Waals surface area (Å²) >= 11 is 10.4. The zero-order valence-electron chi connectivity index (χ0n) is 8.99. The molecule has 0 N–H and O–H groups in total. The Morgan fingerprint density at radius 2 is 2.35 bits per heavy atom. The maximum absolute atomic E-state index is 10.8. The molecule has 3 nitrogen and oxygen atoms in total. The zero-order valence-corrected chi connectivity index (χ0v) is 10.6. The molecule has 0 spiro atoms. The topological polar surface area (TPSA) is 38.7 Å². The Hall–Kier alpha value is -1.66. The molecule has 1 rings (SSSR count). The summed E-state index contributed by atoms with van der Waals surface area (Å²) in [6.45, 7) is 0. The van der Waals surface area contributed by atoms with Crippen LogP contribution in [0.25, 0.3) is 0 Å². The monoisotopic (exact) mass is 265 g/mol. The van der Waals surface area contributed by atoms with Crippen LogP contribution in [0.15, 0.2) is 23.2 Å². The van der Waals surface area contributed by atoms with E-state index in [0.29, 0.717) is 16.3 Å². The number of carbonyl (C=O) groups is 1. The Labute approximate surface area is 109 Å². The Bertz CT molecular complexity index is 539. The fourth-order valence-corrected chi connectivity index (χ4v) is 1.34. The van der Waals surface area contributed by atoms with Crippen LogP contribution in [0.5, 0.6) is 0 Å². The van der Waals surface area contributed by atoms with Crippen molar-refractivity contribution in [2.45, 2.75) is 6.42 Å². The number of thiocarbonyl (C=S) groups is 1. The molecule has 0 aromatic heterocycles. The minimum absolute atomic E-state index is 0.0496. The van der Waals surface area contributed by atoms with Gasteiger partial charge in [-0.15, -0.1) is 0 Å². The highest BCUT2D eigenvalue weighted by Crippen LogP contribution is 2.24. The first-order valence-corrected chi connectivity index (χ1v) is 5.39. The summed E-state index contributed by atoms with van der Waals surface area (Å²) in [5.74, 6) is 5.11. The van der Waals surface area contributed by atoms with Crippen molar-refractivity contribution in [3.8, 4) is 11.8 Å². The summed E-state index contributed by atoms with van der Waals surface area (Å²) in [4.78, 5) is 14.6. The summed E-state index contributed by atoms with van der Waals surface area (Å²) in [5.41, 5.74) is 1.24. The number of methoxy groups -OCH3 is 1. The SMILES string of the molecule is COC(=O)CC#Cc1ccc(N=C=S)c(Cl)c1. The third-order valence-corrected chi connectivity index (χ3v) is 2.20. The zero-order chi connectivity index (χ0) is 12.7. The van der Waals surface area contributed by atoms with Crippen LogP contribution < -0.4 is 0 Å². The molecule has 1 aromatic rings. The Morgan fingerprint density at radius 3 is 2.94 bits per heavy atom. The standard InChI is InChI=1S/C12H8ClNO2S/c1-16-12(15)4-2-3-9-5-6-11(14-8-17)10(13)7-9/h5-7H,4H2,1H3. The number of esters is 1. The number of hydrogen-bond acceptors (Lipinski definition) is 4. The average molecular weight is 266 g/mol. The lowest BCUT2D eigenvalue weighted by Crippen LogP contribution is -1.96. The van der Waals surface area contributed by atoms with Gasteiger partial charge in [-0.25, -0.2) is 0 Å². The number of halogens is 1. The van der Waals surface area contributed by atoms with Crippen LogP contribution in [0.2, 0.25) is 5.02 Å². The van der Waals surface area contributed by atoms with Crippen LogP contribution in [0.3, 0.4) is 0 Å². The maximum atomic E-state index is 10.8. The number of isothiocyanates is 1. The smallest absolute Gasteiger partial charge is 0.317 e. The van der Waals surface area contributed by atoms with Gasteiger partial charge in [-0.2, -0.15) is 4.99 Å². The van der Waals surface area contributed by atoms with Gasteiger partial charge in [-0.05, 0) is 30.4 Å². The van der Waals surface area contributed by atoms with E-state index in [0.717, 1.165) is 0 Å². The molecular weight excluding hydrogens is 258 g/mol. The fourth-order valence-electron chi connectivity index (χ4n) is 1.02. The van der Waals surface area contributed by atoms with Crippen LogP contribution >= 0.6 is 23.8 Å². The predicted octanol–water partition coefficient (Wildman–Crippen LogP) is 2.99. The van der Waals surface area contributed by atoms with Gasteiger partial charge in [0.05, 0.1) is 23.0 Å². The number of aliphatic imine (C=N–C) groups is 1. The molecule has 0 fully saturated rings. The van der Waals surface area contributed by atoms with E-state index in [1.54, 1.807) is 18.2 Å². The molecule has 0 saturated heterocycles. The van der Waals surface area contributed by atoms with Gasteiger partial charge < -0.3 is 4.74 Å². The molecule has 17 heavy (non-hydrogen) atoms. The van der Waals surface area contributed by atoms with Crippen LogP contribution in [0, 0.1) is 11.8 Å². The van der Waals surface area contributed by atoms with Crippen LogP contribution in [0.1, 0.15) is 12.0 Å². The molecule has 0 amide bonds. The molecule has 0 unspecified atom stereocenters. The van der Waals surface area contributed by atoms with E-state index in [1.165, 1.54) is 7.11 Å². The molecule has 0 heterocycles. The van der Waals surface area contributed by atoms with Crippen LogP contribution in [-0.2, 0) is 9.53 Å². The number of nitrogens with zero attached hydrogens (tertiary/aromatic N) is 1. The van der Waals surface area contributed by atoms with E-state index >= 15 is 0 Å². The number of rotatable bonds is 2. The minimum atomic E-state index is -0.370. The Kier molecular flexibility index (Phi) is 5.38. The van der Waals surface area contributed by atoms with Gasteiger partial charge in [0.25, 0.3) is 0 Å². The second-order valence-electron chi connectivity index (χ2n) is 2.92. The third kappa shape index (κ3) is 4.38. The van der Waals surface area contributed by atoms with Crippen molar-refractivity contribution in [3.63, 3.8) is 0 Å². The van der Waals surface area contributed by atoms with E-state index in [9.17, 15) is 4.79 Å². The van der Waals surface area contributed by atoms with Gasteiger partial charge in [0, 0.05) is 5.56 Å². The van der Waals surface area contributed by atoms with Crippen molar-refractivity contribution in [1.29, 1.82) is 0 Å². The molecule has 0 radical (unpaired) electrons. The molecule has 0 atom stereocenters. The molecule has 0 saturated carbocycles. The lowest BCUT2D eigenvalue weighted by molar-refractivity contribution is -0.139. The molecule has 0 bridgehead atoms. The predicted molar refractivity (Wildman–Crippen MR) is 69.6 cm³/mol. The van der Waals surface area contributed by atoms with Crippen molar-refractivity contribution in [3.05, 3.63) is 28.8 Å². The second kappa shape index (κ2) is 6.82. The number of carbonyl (C=O) groups excluding carboxylic acids is 1. The molecule has 86 valence electrons. The second-order valence-corrected chi connectivity index (χ2v) is 3.51. The number of ether oxygens (including phenoxy) is 1. The van der Waals surface area contributed by atoms with E-state index in [4.69, 9.17) is 11.6 Å². The summed E-state index contributed by atoms with van der Waals surface area (Å²) in [6.07, 6.45) is 0.0496. The van der Waals surface area contributed by atoms with E-state index < -0.39 is 0 Å². The highest BCUT2D eigenvalue weighted by atomic mass is 35.5. The molecule has 0 aliphatic carbocycles. The van der Waals surface area contributed by atoms with Gasteiger partial charge in [0.1, 0.15) is 6.42 Å². The van der Waals surface area contributed by atoms with Crippen molar-refractivity contribution < 1.29 is 9.53 Å². The first-order valence-electron chi connectivity index (χ1n) is 4.60. The highest BCUT2D eigenvalue weighted by Gasteiger charge is 1.99. The van der Waals surface area contributed by atoms with Crippen molar-refractivity contribution in [2.24, 2.45) is 4.99 Å². The molecule has 1 aromatic carbocycles. The van der Waals surface area contributed by atoms with E-state index in [-0.39, 0.29) is 12.4 Å². The van der Waals surface area contributed by atoms with Crippen LogP contribution in [-0.4, -0.2) is 18.2 Å². The van der Waals surface area contributed by atoms with Crippen molar-refractivity contribution in [1.82, 2.24) is 0 Å². The van der Waals surface area contributed by atoms with Gasteiger partial charge in [0.15, 0.2) is 0 Å². The van der Waals surface area contributed by atoms with Gasteiger partial charge >= 0.3 is 5.97 Å². The Balaban J connectivity index is 2.83. The van der Waals surface area contributed by atoms with Gasteiger partial charge in [0.2, 0.25) is 0 Å². The van der Waals surface area contributed by atoms with Crippen molar-refractivity contribution in [2.75, 3.05) is 7.11 Å².